The molecule has 0 spiro atoms. The molecule has 2 rings (SSSR count). The number of rotatable bonds is 3. The molecule has 2 heterocycles. The normalized spacial score (nSPS) is 23.5. The molecular formula is C12H23N5O. The van der Waals surface area contributed by atoms with Crippen LogP contribution in [-0.4, -0.2) is 52.7 Å². The maximum atomic E-state index is 5.94. The van der Waals surface area contributed by atoms with Crippen molar-refractivity contribution in [2.24, 2.45) is 5.73 Å². The van der Waals surface area contributed by atoms with Gasteiger partial charge < -0.3 is 15.2 Å². The number of aromatic nitrogens is 2. The highest BCUT2D eigenvalue weighted by Gasteiger charge is 2.25. The van der Waals surface area contributed by atoms with Gasteiger partial charge in [0, 0.05) is 25.7 Å². The van der Waals surface area contributed by atoms with E-state index < -0.39 is 5.54 Å². The molecule has 1 fully saturated rings. The molecule has 18 heavy (non-hydrogen) atoms. The second-order valence-corrected chi connectivity index (χ2v) is 5.82. The smallest absolute Gasteiger partial charge is 0.240 e. The number of likely N-dealkylation sites (N-methyl/N-ethyl adjacent to an activating group) is 1. The Labute approximate surface area is 108 Å². The Morgan fingerprint density at radius 3 is 2.72 bits per heavy atom. The van der Waals surface area contributed by atoms with E-state index in [1.54, 1.807) is 0 Å². The van der Waals surface area contributed by atoms with Gasteiger partial charge in [-0.2, -0.15) is 4.98 Å². The van der Waals surface area contributed by atoms with Gasteiger partial charge in [0.2, 0.25) is 5.89 Å². The minimum absolute atomic E-state index is 0.505. The highest BCUT2D eigenvalue weighted by molar-refractivity contribution is 4.99. The zero-order chi connectivity index (χ0) is 13.3. The molecular weight excluding hydrogens is 230 g/mol. The minimum Gasteiger partial charge on any atom is -0.338 e. The molecule has 1 aromatic heterocycles. The Morgan fingerprint density at radius 1 is 1.44 bits per heavy atom. The summed E-state index contributed by atoms with van der Waals surface area (Å²) in [6.07, 6.45) is 0. The van der Waals surface area contributed by atoms with Crippen LogP contribution in [0.2, 0.25) is 0 Å². The summed E-state index contributed by atoms with van der Waals surface area (Å²) < 4.78 is 5.27. The standard InChI is InChI=1S/C12H23N5O/c1-9-7-16(4)5-6-17(9)8-10-14-11(15-18-10)12(2,3)13/h9H,5-8,13H2,1-4H3. The molecule has 1 aromatic rings. The fourth-order valence-corrected chi connectivity index (χ4v) is 2.17. The zero-order valence-electron chi connectivity index (χ0n) is 11.7. The fraction of sp³-hybridized carbons (Fsp3) is 0.833. The second-order valence-electron chi connectivity index (χ2n) is 5.82. The van der Waals surface area contributed by atoms with E-state index in [4.69, 9.17) is 10.3 Å². The molecule has 0 amide bonds. The van der Waals surface area contributed by atoms with Crippen molar-refractivity contribution in [2.45, 2.75) is 38.9 Å². The van der Waals surface area contributed by atoms with Gasteiger partial charge in [-0.05, 0) is 27.8 Å². The summed E-state index contributed by atoms with van der Waals surface area (Å²) >= 11 is 0. The maximum Gasteiger partial charge on any atom is 0.240 e. The summed E-state index contributed by atoms with van der Waals surface area (Å²) in [5.41, 5.74) is 5.40. The summed E-state index contributed by atoms with van der Waals surface area (Å²) in [5.74, 6) is 1.22. The highest BCUT2D eigenvalue weighted by atomic mass is 16.5. The lowest BCUT2D eigenvalue weighted by Gasteiger charge is -2.37. The molecule has 1 aliphatic rings. The van der Waals surface area contributed by atoms with Gasteiger partial charge in [0.15, 0.2) is 5.82 Å². The molecule has 0 aliphatic carbocycles. The molecule has 6 nitrogen and oxygen atoms in total. The Hall–Kier alpha value is -0.980. The van der Waals surface area contributed by atoms with Crippen LogP contribution in [0.25, 0.3) is 0 Å². The molecule has 102 valence electrons. The van der Waals surface area contributed by atoms with Gasteiger partial charge in [0.25, 0.3) is 0 Å². The Kier molecular flexibility index (Phi) is 3.70. The van der Waals surface area contributed by atoms with Crippen molar-refractivity contribution in [1.29, 1.82) is 0 Å². The molecule has 2 N–H and O–H groups in total. The van der Waals surface area contributed by atoms with Crippen LogP contribution in [0.4, 0.5) is 0 Å². The summed E-state index contributed by atoms with van der Waals surface area (Å²) in [5, 5.41) is 3.94. The van der Waals surface area contributed by atoms with Gasteiger partial charge in [-0.1, -0.05) is 5.16 Å². The Bertz CT molecular complexity index is 397. The third-order valence-electron chi connectivity index (χ3n) is 3.35. The highest BCUT2D eigenvalue weighted by Crippen LogP contribution is 2.15. The average molecular weight is 253 g/mol. The van der Waals surface area contributed by atoms with E-state index in [-0.39, 0.29) is 0 Å². The summed E-state index contributed by atoms with van der Waals surface area (Å²) in [6.45, 7) is 9.86. The van der Waals surface area contributed by atoms with Crippen LogP contribution in [0, 0.1) is 0 Å². The van der Waals surface area contributed by atoms with E-state index in [0.717, 1.165) is 19.6 Å². The molecule has 0 saturated carbocycles. The van der Waals surface area contributed by atoms with Crippen LogP contribution in [-0.2, 0) is 12.1 Å². The Balaban J connectivity index is 1.99. The lowest BCUT2D eigenvalue weighted by molar-refractivity contribution is 0.0837. The van der Waals surface area contributed by atoms with Gasteiger partial charge in [0.1, 0.15) is 0 Å². The van der Waals surface area contributed by atoms with Crippen LogP contribution >= 0.6 is 0 Å². The van der Waals surface area contributed by atoms with Crippen LogP contribution in [0.15, 0.2) is 4.52 Å². The first-order chi connectivity index (χ1) is 8.36. The third kappa shape index (κ3) is 3.07. The first kappa shape index (κ1) is 13.5. The van der Waals surface area contributed by atoms with E-state index in [2.05, 4.69) is 33.9 Å². The first-order valence-corrected chi connectivity index (χ1v) is 6.41. The molecule has 1 aliphatic heterocycles. The molecule has 1 unspecified atom stereocenters. The number of hydrogen-bond acceptors (Lipinski definition) is 6. The molecule has 0 bridgehead atoms. The van der Waals surface area contributed by atoms with Gasteiger partial charge in [0.05, 0.1) is 12.1 Å². The minimum atomic E-state index is -0.546. The summed E-state index contributed by atoms with van der Waals surface area (Å²) in [6, 6.07) is 0.505. The molecule has 0 aromatic carbocycles. The number of piperazine rings is 1. The summed E-state index contributed by atoms with van der Waals surface area (Å²) in [4.78, 5) is 9.07. The van der Waals surface area contributed by atoms with Crippen LogP contribution in [0.1, 0.15) is 32.5 Å². The van der Waals surface area contributed by atoms with Gasteiger partial charge in [-0.15, -0.1) is 0 Å². The van der Waals surface area contributed by atoms with Gasteiger partial charge in [-0.3, -0.25) is 4.90 Å². The fourth-order valence-electron chi connectivity index (χ4n) is 2.17. The van der Waals surface area contributed by atoms with E-state index in [9.17, 15) is 0 Å². The maximum absolute atomic E-state index is 5.94. The molecule has 1 atom stereocenters. The number of hydrogen-bond donors (Lipinski definition) is 1. The molecule has 6 heteroatoms. The lowest BCUT2D eigenvalue weighted by Crippen LogP contribution is -2.49. The van der Waals surface area contributed by atoms with E-state index in [0.29, 0.717) is 24.3 Å². The predicted octanol–water partition coefficient (Wildman–Crippen LogP) is 0.399. The van der Waals surface area contributed by atoms with Crippen LogP contribution in [0.5, 0.6) is 0 Å². The summed E-state index contributed by atoms with van der Waals surface area (Å²) in [7, 11) is 2.15. The van der Waals surface area contributed by atoms with E-state index in [1.165, 1.54) is 0 Å². The largest absolute Gasteiger partial charge is 0.338 e. The third-order valence-corrected chi connectivity index (χ3v) is 3.35. The zero-order valence-corrected chi connectivity index (χ0v) is 11.7. The van der Waals surface area contributed by atoms with Crippen molar-refractivity contribution in [1.82, 2.24) is 19.9 Å². The van der Waals surface area contributed by atoms with Crippen LogP contribution in [0.3, 0.4) is 0 Å². The van der Waals surface area contributed by atoms with Crippen molar-refractivity contribution in [3.8, 4) is 0 Å². The van der Waals surface area contributed by atoms with E-state index >= 15 is 0 Å². The quantitative estimate of drug-likeness (QED) is 0.840. The monoisotopic (exact) mass is 253 g/mol. The SMILES string of the molecule is CC1CN(C)CCN1Cc1nc(C(C)(C)N)no1. The van der Waals surface area contributed by atoms with Gasteiger partial charge >= 0.3 is 0 Å². The predicted molar refractivity (Wildman–Crippen MR) is 68.9 cm³/mol. The van der Waals surface area contributed by atoms with Crippen molar-refractivity contribution >= 4 is 0 Å². The number of nitrogens with zero attached hydrogens (tertiary/aromatic N) is 4. The first-order valence-electron chi connectivity index (χ1n) is 6.41. The van der Waals surface area contributed by atoms with Crippen LogP contribution < -0.4 is 5.73 Å². The van der Waals surface area contributed by atoms with Crippen molar-refractivity contribution in [3.05, 3.63) is 11.7 Å². The average Bonchev–Trinajstić information content (AvgIpc) is 2.70. The van der Waals surface area contributed by atoms with E-state index in [1.807, 2.05) is 13.8 Å². The van der Waals surface area contributed by atoms with Crippen molar-refractivity contribution in [3.63, 3.8) is 0 Å². The Morgan fingerprint density at radius 2 is 2.17 bits per heavy atom. The lowest BCUT2D eigenvalue weighted by atomic mass is 10.1. The van der Waals surface area contributed by atoms with Crippen molar-refractivity contribution < 1.29 is 4.52 Å². The van der Waals surface area contributed by atoms with Crippen molar-refractivity contribution in [2.75, 3.05) is 26.7 Å². The molecule has 1 saturated heterocycles. The number of nitrogens with two attached hydrogens (primary N) is 1. The second kappa shape index (κ2) is 4.95. The topological polar surface area (TPSA) is 71.4 Å². The molecule has 0 radical (unpaired) electrons. The van der Waals surface area contributed by atoms with Gasteiger partial charge in [-0.25, -0.2) is 0 Å².